The van der Waals surface area contributed by atoms with Crippen molar-refractivity contribution in [2.75, 3.05) is 20.2 Å². The topological polar surface area (TPSA) is 89.7 Å². The molecule has 0 aromatic carbocycles. The summed E-state index contributed by atoms with van der Waals surface area (Å²) < 4.78 is 31.6. The van der Waals surface area contributed by atoms with Crippen molar-refractivity contribution in [2.45, 2.75) is 30.7 Å². The minimum atomic E-state index is -3.68. The van der Waals surface area contributed by atoms with Crippen LogP contribution in [0.1, 0.15) is 29.4 Å². The number of carbonyl (C=O) groups excluding carboxylic acids is 1. The number of hydrogen-bond acceptors (Lipinski definition) is 6. The molecule has 0 radical (unpaired) electrons. The molecule has 0 spiro atoms. The van der Waals surface area contributed by atoms with E-state index in [1.807, 2.05) is 6.92 Å². The summed E-state index contributed by atoms with van der Waals surface area (Å²) in [5.41, 5.74) is 5.90. The maximum absolute atomic E-state index is 12.7. The van der Waals surface area contributed by atoms with Gasteiger partial charge in [0.25, 0.3) is 0 Å². The SMILES string of the molecule is COC(=O)c1sccc1S(=O)(=O)N1CCCC(C(C)N)C1. The first-order valence-corrected chi connectivity index (χ1v) is 9.11. The van der Waals surface area contributed by atoms with E-state index in [2.05, 4.69) is 4.74 Å². The van der Waals surface area contributed by atoms with Gasteiger partial charge in [0.05, 0.1) is 7.11 Å². The fraction of sp³-hybridized carbons (Fsp3) is 0.615. The average molecular weight is 332 g/mol. The van der Waals surface area contributed by atoms with Crippen molar-refractivity contribution in [3.05, 3.63) is 16.3 Å². The molecule has 1 aromatic rings. The number of piperidine rings is 1. The summed E-state index contributed by atoms with van der Waals surface area (Å²) in [5, 5.41) is 1.59. The Morgan fingerprint density at radius 2 is 2.29 bits per heavy atom. The number of sulfonamides is 1. The molecule has 0 amide bonds. The second-order valence-corrected chi connectivity index (χ2v) is 8.05. The summed E-state index contributed by atoms with van der Waals surface area (Å²) in [7, 11) is -2.44. The van der Waals surface area contributed by atoms with E-state index >= 15 is 0 Å². The monoisotopic (exact) mass is 332 g/mol. The number of rotatable bonds is 4. The largest absolute Gasteiger partial charge is 0.465 e. The van der Waals surface area contributed by atoms with Gasteiger partial charge < -0.3 is 10.5 Å². The Kier molecular flexibility index (Phi) is 5.03. The molecule has 1 saturated heterocycles. The number of methoxy groups -OCH3 is 1. The summed E-state index contributed by atoms with van der Waals surface area (Å²) >= 11 is 1.08. The van der Waals surface area contributed by atoms with E-state index in [-0.39, 0.29) is 21.7 Å². The second-order valence-electron chi connectivity index (χ2n) is 5.23. The lowest BCUT2D eigenvalue weighted by Crippen LogP contribution is -2.45. The lowest BCUT2D eigenvalue weighted by atomic mass is 9.93. The average Bonchev–Trinajstić information content (AvgIpc) is 2.96. The predicted octanol–water partition coefficient (Wildman–Crippen LogP) is 1.28. The van der Waals surface area contributed by atoms with E-state index < -0.39 is 16.0 Å². The van der Waals surface area contributed by atoms with Crippen LogP contribution in [0.15, 0.2) is 16.3 Å². The van der Waals surface area contributed by atoms with Gasteiger partial charge in [-0.3, -0.25) is 0 Å². The van der Waals surface area contributed by atoms with Gasteiger partial charge in [-0.15, -0.1) is 11.3 Å². The zero-order valence-electron chi connectivity index (χ0n) is 12.1. The zero-order chi connectivity index (χ0) is 15.6. The number of carbonyl (C=O) groups is 1. The summed E-state index contributed by atoms with van der Waals surface area (Å²) in [6.45, 7) is 2.75. The molecule has 118 valence electrons. The molecule has 6 nitrogen and oxygen atoms in total. The van der Waals surface area contributed by atoms with Crippen LogP contribution in [0.3, 0.4) is 0 Å². The van der Waals surface area contributed by atoms with E-state index in [9.17, 15) is 13.2 Å². The van der Waals surface area contributed by atoms with Gasteiger partial charge in [0.15, 0.2) is 0 Å². The van der Waals surface area contributed by atoms with Gasteiger partial charge in [0.1, 0.15) is 9.77 Å². The first kappa shape index (κ1) is 16.4. The van der Waals surface area contributed by atoms with Crippen LogP contribution in [-0.4, -0.2) is 44.9 Å². The van der Waals surface area contributed by atoms with Crippen LogP contribution in [0, 0.1) is 5.92 Å². The Morgan fingerprint density at radius 1 is 1.57 bits per heavy atom. The molecule has 2 atom stereocenters. The molecule has 0 saturated carbocycles. The van der Waals surface area contributed by atoms with Crippen LogP contribution in [0.25, 0.3) is 0 Å². The summed E-state index contributed by atoms with van der Waals surface area (Å²) in [6, 6.07) is 1.41. The van der Waals surface area contributed by atoms with Crippen molar-refractivity contribution in [1.29, 1.82) is 0 Å². The van der Waals surface area contributed by atoms with Gasteiger partial charge in [-0.05, 0) is 37.1 Å². The highest BCUT2D eigenvalue weighted by atomic mass is 32.2. The maximum Gasteiger partial charge on any atom is 0.349 e. The molecule has 21 heavy (non-hydrogen) atoms. The Balaban J connectivity index is 2.30. The molecule has 1 aromatic heterocycles. The Morgan fingerprint density at radius 3 is 2.90 bits per heavy atom. The first-order valence-electron chi connectivity index (χ1n) is 6.79. The molecular weight excluding hydrogens is 312 g/mol. The standard InChI is InChI=1S/C13H20N2O4S2/c1-9(14)10-4-3-6-15(8-10)21(17,18)11-5-7-20-12(11)13(16)19-2/h5,7,9-10H,3-4,6,8,14H2,1-2H3. The number of ether oxygens (including phenoxy) is 1. The van der Waals surface area contributed by atoms with E-state index in [1.165, 1.54) is 17.5 Å². The van der Waals surface area contributed by atoms with Crippen LogP contribution in [0.4, 0.5) is 0 Å². The molecule has 0 bridgehead atoms. The summed E-state index contributed by atoms with van der Waals surface area (Å²) in [5.74, 6) is -0.474. The fourth-order valence-electron chi connectivity index (χ4n) is 2.50. The number of thiophene rings is 1. The van der Waals surface area contributed by atoms with E-state index in [1.54, 1.807) is 5.38 Å². The third-order valence-corrected chi connectivity index (χ3v) is 6.71. The summed E-state index contributed by atoms with van der Waals surface area (Å²) in [6.07, 6.45) is 1.71. The van der Waals surface area contributed by atoms with Gasteiger partial charge >= 0.3 is 5.97 Å². The molecular formula is C13H20N2O4S2. The molecule has 1 aliphatic rings. The molecule has 1 aliphatic heterocycles. The number of nitrogens with zero attached hydrogens (tertiary/aromatic N) is 1. The van der Waals surface area contributed by atoms with E-state index in [4.69, 9.17) is 5.73 Å². The third kappa shape index (κ3) is 3.28. The maximum atomic E-state index is 12.7. The van der Waals surface area contributed by atoms with Crippen LogP contribution < -0.4 is 5.73 Å². The lowest BCUT2D eigenvalue weighted by molar-refractivity contribution is 0.0602. The highest BCUT2D eigenvalue weighted by Crippen LogP contribution is 2.29. The van der Waals surface area contributed by atoms with E-state index in [0.29, 0.717) is 13.1 Å². The summed E-state index contributed by atoms with van der Waals surface area (Å²) in [4.78, 5) is 11.8. The number of hydrogen-bond donors (Lipinski definition) is 1. The lowest BCUT2D eigenvalue weighted by Gasteiger charge is -2.33. The van der Waals surface area contributed by atoms with Crippen LogP contribution in [0.5, 0.6) is 0 Å². The number of nitrogens with two attached hydrogens (primary N) is 1. The fourth-order valence-corrected chi connectivity index (χ4v) is 5.35. The second kappa shape index (κ2) is 6.43. The molecule has 0 aliphatic carbocycles. The Labute approximate surface area is 128 Å². The van der Waals surface area contributed by atoms with Crippen molar-refractivity contribution < 1.29 is 17.9 Å². The van der Waals surface area contributed by atoms with E-state index in [0.717, 1.165) is 24.2 Å². The minimum absolute atomic E-state index is 0.0321. The van der Waals surface area contributed by atoms with Crippen molar-refractivity contribution >= 4 is 27.3 Å². The molecule has 2 rings (SSSR count). The van der Waals surface area contributed by atoms with Crippen molar-refractivity contribution in [1.82, 2.24) is 4.31 Å². The van der Waals surface area contributed by atoms with Gasteiger partial charge in [0, 0.05) is 19.1 Å². The van der Waals surface area contributed by atoms with Crippen LogP contribution >= 0.6 is 11.3 Å². The van der Waals surface area contributed by atoms with Crippen molar-refractivity contribution in [3.8, 4) is 0 Å². The minimum Gasteiger partial charge on any atom is -0.465 e. The van der Waals surface area contributed by atoms with Gasteiger partial charge in [-0.1, -0.05) is 0 Å². The Hall–Kier alpha value is -0.960. The van der Waals surface area contributed by atoms with Gasteiger partial charge in [-0.2, -0.15) is 4.31 Å². The van der Waals surface area contributed by atoms with Gasteiger partial charge in [0.2, 0.25) is 10.0 Å². The predicted molar refractivity (Wildman–Crippen MR) is 80.8 cm³/mol. The molecule has 8 heteroatoms. The molecule has 2 unspecified atom stereocenters. The zero-order valence-corrected chi connectivity index (χ0v) is 13.7. The molecule has 1 fully saturated rings. The molecule has 2 N–H and O–H groups in total. The van der Waals surface area contributed by atoms with Crippen molar-refractivity contribution in [3.63, 3.8) is 0 Å². The molecule has 2 heterocycles. The van der Waals surface area contributed by atoms with Crippen LogP contribution in [-0.2, 0) is 14.8 Å². The Bertz CT molecular complexity index is 609. The van der Waals surface area contributed by atoms with Gasteiger partial charge in [-0.25, -0.2) is 13.2 Å². The van der Waals surface area contributed by atoms with Crippen LogP contribution in [0.2, 0.25) is 0 Å². The highest BCUT2D eigenvalue weighted by molar-refractivity contribution is 7.89. The normalized spacial score (nSPS) is 22.0. The number of esters is 1. The smallest absolute Gasteiger partial charge is 0.349 e. The quantitative estimate of drug-likeness (QED) is 0.839. The third-order valence-electron chi connectivity index (χ3n) is 3.78. The first-order chi connectivity index (χ1) is 9.87. The highest BCUT2D eigenvalue weighted by Gasteiger charge is 2.34. The van der Waals surface area contributed by atoms with Crippen molar-refractivity contribution in [2.24, 2.45) is 11.7 Å².